The molecule has 2 fully saturated rings. The molecular weight excluding hydrogens is 176 g/mol. The molecule has 2 saturated heterocycles. The molecule has 2 atom stereocenters. The summed E-state index contributed by atoms with van der Waals surface area (Å²) >= 11 is 0. The quantitative estimate of drug-likeness (QED) is 0.679. The molecule has 2 unspecified atom stereocenters. The molecule has 2 rings (SSSR count). The van der Waals surface area contributed by atoms with E-state index in [2.05, 4.69) is 27.7 Å². The number of hydrogen-bond acceptors (Lipinski definition) is 2. The minimum absolute atomic E-state index is 0.106. The number of ether oxygens (including phenoxy) is 2. The van der Waals surface area contributed by atoms with Gasteiger partial charge in [0.15, 0.2) is 6.29 Å². The predicted octanol–water partition coefficient (Wildman–Crippen LogP) is 2.82. The molecule has 0 spiro atoms. The molecule has 2 heteroatoms. The molecule has 0 aromatic rings. The van der Waals surface area contributed by atoms with Crippen LogP contribution < -0.4 is 0 Å². The highest BCUT2D eigenvalue weighted by atomic mass is 16.7. The van der Waals surface area contributed by atoms with Crippen LogP contribution in [0.3, 0.4) is 0 Å². The van der Waals surface area contributed by atoms with Crippen molar-refractivity contribution in [2.75, 3.05) is 0 Å². The molecule has 2 aliphatic heterocycles. The van der Waals surface area contributed by atoms with Crippen molar-refractivity contribution in [2.24, 2.45) is 17.8 Å². The van der Waals surface area contributed by atoms with Crippen molar-refractivity contribution in [1.82, 2.24) is 0 Å². The highest BCUT2D eigenvalue weighted by Gasteiger charge is 2.45. The minimum atomic E-state index is 0.106. The molecule has 2 aliphatic rings. The standard InChI is InChI=1S/C12H22O2/c1-7(2)10-5-9-6-11(8(3)4)14-12(9)13-10/h7-12H,5-6H2,1-4H3. The lowest BCUT2D eigenvalue weighted by molar-refractivity contribution is -0.152. The van der Waals surface area contributed by atoms with E-state index >= 15 is 0 Å². The van der Waals surface area contributed by atoms with Gasteiger partial charge >= 0.3 is 0 Å². The summed E-state index contributed by atoms with van der Waals surface area (Å²) in [5, 5.41) is 0. The maximum atomic E-state index is 5.90. The Hall–Kier alpha value is -0.0800. The zero-order valence-electron chi connectivity index (χ0n) is 9.69. The zero-order valence-corrected chi connectivity index (χ0v) is 9.69. The van der Waals surface area contributed by atoms with Gasteiger partial charge in [0.1, 0.15) is 0 Å². The summed E-state index contributed by atoms with van der Waals surface area (Å²) in [5.74, 6) is 1.91. The second kappa shape index (κ2) is 3.82. The Labute approximate surface area is 87.0 Å². The van der Waals surface area contributed by atoms with Crippen molar-refractivity contribution < 1.29 is 9.47 Å². The Kier molecular flexibility index (Phi) is 2.85. The first-order valence-corrected chi connectivity index (χ1v) is 5.89. The first kappa shape index (κ1) is 10.4. The average molecular weight is 198 g/mol. The van der Waals surface area contributed by atoms with Gasteiger partial charge in [-0.25, -0.2) is 0 Å². The van der Waals surface area contributed by atoms with Gasteiger partial charge in [-0.3, -0.25) is 0 Å². The topological polar surface area (TPSA) is 18.5 Å². The molecular formula is C12H22O2. The lowest BCUT2D eigenvalue weighted by atomic mass is 9.92. The molecule has 0 aliphatic carbocycles. The van der Waals surface area contributed by atoms with Crippen LogP contribution in [0, 0.1) is 17.8 Å². The van der Waals surface area contributed by atoms with Gasteiger partial charge in [-0.05, 0) is 24.7 Å². The van der Waals surface area contributed by atoms with E-state index in [0.717, 1.165) is 0 Å². The van der Waals surface area contributed by atoms with Crippen molar-refractivity contribution in [3.8, 4) is 0 Å². The Morgan fingerprint density at radius 3 is 1.57 bits per heavy atom. The van der Waals surface area contributed by atoms with Gasteiger partial charge in [-0.1, -0.05) is 27.7 Å². The van der Waals surface area contributed by atoms with Crippen molar-refractivity contribution in [3.05, 3.63) is 0 Å². The van der Waals surface area contributed by atoms with E-state index in [4.69, 9.17) is 9.47 Å². The second-order valence-electron chi connectivity index (χ2n) is 5.44. The number of hydrogen-bond donors (Lipinski definition) is 0. The molecule has 82 valence electrons. The lowest BCUT2D eigenvalue weighted by Gasteiger charge is -2.20. The summed E-state index contributed by atoms with van der Waals surface area (Å²) < 4.78 is 11.8. The third-order valence-electron chi connectivity index (χ3n) is 3.56. The summed E-state index contributed by atoms with van der Waals surface area (Å²) in [6, 6.07) is 0. The van der Waals surface area contributed by atoms with Crippen LogP contribution in [-0.4, -0.2) is 18.5 Å². The second-order valence-corrected chi connectivity index (χ2v) is 5.44. The minimum Gasteiger partial charge on any atom is -0.349 e. The van der Waals surface area contributed by atoms with Gasteiger partial charge in [0.25, 0.3) is 0 Å². The van der Waals surface area contributed by atoms with Gasteiger partial charge in [-0.2, -0.15) is 0 Å². The van der Waals surface area contributed by atoms with Crippen LogP contribution in [0.15, 0.2) is 0 Å². The fourth-order valence-corrected chi connectivity index (χ4v) is 2.48. The summed E-state index contributed by atoms with van der Waals surface area (Å²) in [7, 11) is 0. The lowest BCUT2D eigenvalue weighted by Crippen LogP contribution is -2.22. The van der Waals surface area contributed by atoms with E-state index in [1.807, 2.05) is 0 Å². The molecule has 0 aromatic heterocycles. The van der Waals surface area contributed by atoms with Gasteiger partial charge in [0.05, 0.1) is 12.2 Å². The third kappa shape index (κ3) is 1.82. The summed E-state index contributed by atoms with van der Waals surface area (Å²) in [6.07, 6.45) is 3.36. The predicted molar refractivity (Wildman–Crippen MR) is 55.9 cm³/mol. The highest BCUT2D eigenvalue weighted by Crippen LogP contribution is 2.41. The smallest absolute Gasteiger partial charge is 0.161 e. The molecule has 2 nitrogen and oxygen atoms in total. The molecule has 0 bridgehead atoms. The summed E-state index contributed by atoms with van der Waals surface area (Å²) in [6.45, 7) is 8.91. The Morgan fingerprint density at radius 2 is 1.29 bits per heavy atom. The van der Waals surface area contributed by atoms with Crippen molar-refractivity contribution in [1.29, 1.82) is 0 Å². The van der Waals surface area contributed by atoms with Crippen LogP contribution in [0.25, 0.3) is 0 Å². The Morgan fingerprint density at radius 1 is 0.857 bits per heavy atom. The fraction of sp³-hybridized carbons (Fsp3) is 1.00. The first-order chi connectivity index (χ1) is 6.58. The van der Waals surface area contributed by atoms with E-state index in [1.165, 1.54) is 12.8 Å². The summed E-state index contributed by atoms with van der Waals surface area (Å²) in [5.41, 5.74) is 0. The molecule has 14 heavy (non-hydrogen) atoms. The van der Waals surface area contributed by atoms with Gasteiger partial charge in [0, 0.05) is 5.92 Å². The van der Waals surface area contributed by atoms with E-state index in [9.17, 15) is 0 Å². The van der Waals surface area contributed by atoms with Crippen molar-refractivity contribution >= 4 is 0 Å². The maximum Gasteiger partial charge on any atom is 0.161 e. The van der Waals surface area contributed by atoms with E-state index in [-0.39, 0.29) is 6.29 Å². The van der Waals surface area contributed by atoms with Crippen LogP contribution in [0.1, 0.15) is 40.5 Å². The van der Waals surface area contributed by atoms with Crippen LogP contribution in [-0.2, 0) is 9.47 Å². The van der Waals surface area contributed by atoms with Gasteiger partial charge in [-0.15, -0.1) is 0 Å². The van der Waals surface area contributed by atoms with E-state index in [1.54, 1.807) is 0 Å². The zero-order chi connectivity index (χ0) is 10.3. The normalized spacial score (nSPS) is 42.4. The van der Waals surface area contributed by atoms with Crippen molar-refractivity contribution in [3.63, 3.8) is 0 Å². The monoisotopic (exact) mass is 198 g/mol. The Bertz CT molecular complexity index is 166. The Balaban J connectivity index is 1.90. The average Bonchev–Trinajstić information content (AvgIpc) is 2.57. The maximum absolute atomic E-state index is 5.90. The van der Waals surface area contributed by atoms with Gasteiger partial charge < -0.3 is 9.47 Å². The van der Waals surface area contributed by atoms with E-state index in [0.29, 0.717) is 30.0 Å². The van der Waals surface area contributed by atoms with Crippen LogP contribution >= 0.6 is 0 Å². The molecule has 0 N–H and O–H groups in total. The highest BCUT2D eigenvalue weighted by molar-refractivity contribution is 4.87. The van der Waals surface area contributed by atoms with Crippen LogP contribution in [0.4, 0.5) is 0 Å². The molecule has 2 heterocycles. The van der Waals surface area contributed by atoms with Crippen molar-refractivity contribution in [2.45, 2.75) is 59.0 Å². The molecule has 0 aromatic carbocycles. The molecule has 0 saturated carbocycles. The largest absolute Gasteiger partial charge is 0.349 e. The first-order valence-electron chi connectivity index (χ1n) is 5.89. The van der Waals surface area contributed by atoms with E-state index < -0.39 is 0 Å². The SMILES string of the molecule is CC(C)C1CC2CC(C(C)C)OC2O1. The number of rotatable bonds is 2. The molecule has 0 radical (unpaired) electrons. The van der Waals surface area contributed by atoms with Crippen LogP contribution in [0.2, 0.25) is 0 Å². The van der Waals surface area contributed by atoms with Gasteiger partial charge in [0.2, 0.25) is 0 Å². The fourth-order valence-electron chi connectivity index (χ4n) is 2.48. The number of fused-ring (bicyclic) bond motifs is 1. The summed E-state index contributed by atoms with van der Waals surface area (Å²) in [4.78, 5) is 0. The van der Waals surface area contributed by atoms with Crippen LogP contribution in [0.5, 0.6) is 0 Å². The third-order valence-corrected chi connectivity index (χ3v) is 3.56. The molecule has 0 amide bonds.